The molecule has 0 spiro atoms. The molecule has 5 rings (SSSR count). The van der Waals surface area contributed by atoms with Gasteiger partial charge in [0.2, 0.25) is 11.9 Å². The maximum atomic E-state index is 12.7. The molecule has 1 fully saturated rings. The van der Waals surface area contributed by atoms with Gasteiger partial charge in [-0.2, -0.15) is 0 Å². The maximum Gasteiger partial charge on any atom is 0.234 e. The van der Waals surface area contributed by atoms with Gasteiger partial charge in [-0.05, 0) is 35.4 Å². The molecule has 1 aromatic heterocycles. The van der Waals surface area contributed by atoms with Crippen molar-refractivity contribution in [1.82, 2.24) is 14.8 Å². The molecule has 1 aliphatic rings. The molecule has 1 aliphatic heterocycles. The molecule has 0 aliphatic carbocycles. The van der Waals surface area contributed by atoms with Crippen molar-refractivity contribution in [2.75, 3.05) is 42.3 Å². The number of nitrogens with one attached hydrogen (secondary N) is 1. The molecule has 0 unspecified atom stereocenters. The number of nitrogens with zero attached hydrogens (tertiary/aromatic N) is 4. The average Bonchev–Trinajstić information content (AvgIpc) is 3.33. The third-order valence-electron chi connectivity index (χ3n) is 5.53. The van der Waals surface area contributed by atoms with Crippen molar-refractivity contribution in [1.29, 1.82) is 0 Å². The first kappa shape index (κ1) is 22.2. The van der Waals surface area contributed by atoms with Crippen molar-refractivity contribution in [2.24, 2.45) is 0 Å². The molecule has 1 N–H and O–H groups in total. The first-order valence-electron chi connectivity index (χ1n) is 11.2. The molecule has 1 amide bonds. The van der Waals surface area contributed by atoms with Gasteiger partial charge in [0, 0.05) is 18.8 Å². The van der Waals surface area contributed by atoms with Gasteiger partial charge in [-0.25, -0.2) is 0 Å². The van der Waals surface area contributed by atoms with Crippen LogP contribution in [-0.4, -0.2) is 52.7 Å². The highest BCUT2D eigenvalue weighted by Gasteiger charge is 2.22. The van der Waals surface area contributed by atoms with Gasteiger partial charge in [0.1, 0.15) is 0 Å². The molecule has 8 heteroatoms. The lowest BCUT2D eigenvalue weighted by atomic mass is 10.1. The molecule has 3 aromatic carbocycles. The van der Waals surface area contributed by atoms with E-state index in [4.69, 9.17) is 4.74 Å². The van der Waals surface area contributed by atoms with Gasteiger partial charge in [0.15, 0.2) is 5.16 Å². The van der Waals surface area contributed by atoms with Crippen molar-refractivity contribution in [2.45, 2.75) is 5.16 Å². The number of aromatic nitrogens is 3. The largest absolute Gasteiger partial charge is 0.378 e. The number of thioether (sulfide) groups is 1. The predicted octanol–water partition coefficient (Wildman–Crippen LogP) is 4.50. The fourth-order valence-corrected chi connectivity index (χ4v) is 4.58. The Balaban J connectivity index is 1.27. The lowest BCUT2D eigenvalue weighted by Crippen LogP contribution is -2.37. The molecule has 0 bridgehead atoms. The van der Waals surface area contributed by atoms with E-state index in [0.717, 1.165) is 41.5 Å². The number of rotatable bonds is 7. The molecule has 34 heavy (non-hydrogen) atoms. The van der Waals surface area contributed by atoms with Crippen molar-refractivity contribution in [3.8, 4) is 16.8 Å². The zero-order chi connectivity index (χ0) is 23.2. The van der Waals surface area contributed by atoms with Crippen LogP contribution in [0, 0.1) is 0 Å². The second-order valence-corrected chi connectivity index (χ2v) is 8.78. The summed E-state index contributed by atoms with van der Waals surface area (Å²) in [4.78, 5) is 14.8. The van der Waals surface area contributed by atoms with Crippen molar-refractivity contribution in [3.63, 3.8) is 0 Å². The van der Waals surface area contributed by atoms with Gasteiger partial charge in [0.05, 0.1) is 24.7 Å². The monoisotopic (exact) mass is 471 g/mol. The summed E-state index contributed by atoms with van der Waals surface area (Å²) in [5.41, 5.74) is 3.99. The molecule has 172 valence electrons. The minimum atomic E-state index is -0.0898. The molecule has 2 heterocycles. The van der Waals surface area contributed by atoms with Crippen LogP contribution >= 0.6 is 11.8 Å². The van der Waals surface area contributed by atoms with E-state index in [9.17, 15) is 4.79 Å². The number of morpholine rings is 1. The highest BCUT2D eigenvalue weighted by molar-refractivity contribution is 7.99. The van der Waals surface area contributed by atoms with Gasteiger partial charge < -0.3 is 15.0 Å². The quantitative estimate of drug-likeness (QED) is 0.400. The Morgan fingerprint density at radius 3 is 2.21 bits per heavy atom. The Bertz CT molecular complexity index is 1220. The van der Waals surface area contributed by atoms with Crippen LogP contribution in [0.5, 0.6) is 0 Å². The average molecular weight is 472 g/mol. The van der Waals surface area contributed by atoms with E-state index in [1.807, 2.05) is 77.4 Å². The Hall–Kier alpha value is -3.62. The maximum absolute atomic E-state index is 12.7. The summed E-state index contributed by atoms with van der Waals surface area (Å²) >= 11 is 1.37. The van der Waals surface area contributed by atoms with Crippen molar-refractivity contribution >= 4 is 29.3 Å². The number of hydrogen-bond acceptors (Lipinski definition) is 6. The molecule has 1 saturated heterocycles. The van der Waals surface area contributed by atoms with E-state index in [1.165, 1.54) is 11.8 Å². The van der Waals surface area contributed by atoms with Gasteiger partial charge in [-0.15, -0.1) is 10.2 Å². The first-order chi connectivity index (χ1) is 16.8. The number of anilines is 2. The highest BCUT2D eigenvalue weighted by atomic mass is 32.2. The Kier molecular flexibility index (Phi) is 6.88. The standard InChI is InChI=1S/C26H25N5O2S/c32-24(27-22-13-11-21(12-14-22)20-7-3-1-4-8-20)19-34-26-29-28-25(30-15-17-33-18-16-30)31(26)23-9-5-2-6-10-23/h1-14H,15-19H2,(H,27,32). The zero-order valence-corrected chi connectivity index (χ0v) is 19.4. The summed E-state index contributed by atoms with van der Waals surface area (Å²) in [5.74, 6) is 0.913. The van der Waals surface area contributed by atoms with Crippen LogP contribution in [0.3, 0.4) is 0 Å². The van der Waals surface area contributed by atoms with Crippen LogP contribution in [0.1, 0.15) is 0 Å². The third kappa shape index (κ3) is 5.13. The van der Waals surface area contributed by atoms with Gasteiger partial charge in [0.25, 0.3) is 0 Å². The molecule has 7 nitrogen and oxygen atoms in total. The molecule has 4 aromatic rings. The summed E-state index contributed by atoms with van der Waals surface area (Å²) in [6, 6.07) is 28.0. The molecule has 0 radical (unpaired) electrons. The number of carbonyl (C=O) groups is 1. The second kappa shape index (κ2) is 10.5. The second-order valence-electron chi connectivity index (χ2n) is 7.83. The Morgan fingerprint density at radius 2 is 1.50 bits per heavy atom. The zero-order valence-electron chi connectivity index (χ0n) is 18.6. The fourth-order valence-electron chi connectivity index (χ4n) is 3.83. The Morgan fingerprint density at radius 1 is 0.853 bits per heavy atom. The third-order valence-corrected chi connectivity index (χ3v) is 6.46. The van der Waals surface area contributed by atoms with E-state index in [0.29, 0.717) is 18.4 Å². The highest BCUT2D eigenvalue weighted by Crippen LogP contribution is 2.27. The lowest BCUT2D eigenvalue weighted by Gasteiger charge is -2.27. The van der Waals surface area contributed by atoms with Crippen LogP contribution in [0.4, 0.5) is 11.6 Å². The number of ether oxygens (including phenoxy) is 1. The summed E-state index contributed by atoms with van der Waals surface area (Å²) in [6.07, 6.45) is 0. The topological polar surface area (TPSA) is 72.3 Å². The van der Waals surface area contributed by atoms with E-state index in [1.54, 1.807) is 0 Å². The summed E-state index contributed by atoms with van der Waals surface area (Å²) in [6.45, 7) is 2.84. The van der Waals surface area contributed by atoms with E-state index < -0.39 is 0 Å². The molecular weight excluding hydrogens is 446 g/mol. The number of benzene rings is 3. The summed E-state index contributed by atoms with van der Waals surface area (Å²) < 4.78 is 7.50. The van der Waals surface area contributed by atoms with Crippen molar-refractivity contribution < 1.29 is 9.53 Å². The molecule has 0 saturated carbocycles. The van der Waals surface area contributed by atoms with E-state index in [-0.39, 0.29) is 11.7 Å². The first-order valence-corrected chi connectivity index (χ1v) is 12.2. The smallest absolute Gasteiger partial charge is 0.234 e. The van der Waals surface area contributed by atoms with E-state index >= 15 is 0 Å². The minimum Gasteiger partial charge on any atom is -0.378 e. The number of para-hydroxylation sites is 1. The lowest BCUT2D eigenvalue weighted by molar-refractivity contribution is -0.113. The Labute approximate surface area is 202 Å². The van der Waals surface area contributed by atoms with Crippen LogP contribution in [0.15, 0.2) is 90.1 Å². The fraction of sp³-hybridized carbons (Fsp3) is 0.192. The normalized spacial score (nSPS) is 13.6. The van der Waals surface area contributed by atoms with Crippen LogP contribution < -0.4 is 10.2 Å². The molecular formula is C26H25N5O2S. The number of carbonyl (C=O) groups excluding carboxylic acids is 1. The molecule has 0 atom stereocenters. The van der Waals surface area contributed by atoms with Crippen LogP contribution in [-0.2, 0) is 9.53 Å². The van der Waals surface area contributed by atoms with Crippen LogP contribution in [0.25, 0.3) is 16.8 Å². The number of amides is 1. The minimum absolute atomic E-state index is 0.0898. The van der Waals surface area contributed by atoms with E-state index in [2.05, 4.69) is 32.5 Å². The van der Waals surface area contributed by atoms with Gasteiger partial charge >= 0.3 is 0 Å². The van der Waals surface area contributed by atoms with Crippen LogP contribution in [0.2, 0.25) is 0 Å². The van der Waals surface area contributed by atoms with Crippen molar-refractivity contribution in [3.05, 3.63) is 84.9 Å². The predicted molar refractivity (Wildman–Crippen MR) is 136 cm³/mol. The number of hydrogen-bond donors (Lipinski definition) is 1. The van der Waals surface area contributed by atoms with Gasteiger partial charge in [-0.1, -0.05) is 72.4 Å². The van der Waals surface area contributed by atoms with Gasteiger partial charge in [-0.3, -0.25) is 9.36 Å². The SMILES string of the molecule is O=C(CSc1nnc(N2CCOCC2)n1-c1ccccc1)Nc1ccc(-c2ccccc2)cc1. The summed E-state index contributed by atoms with van der Waals surface area (Å²) in [7, 11) is 0. The summed E-state index contributed by atoms with van der Waals surface area (Å²) in [5, 5.41) is 12.5.